The summed E-state index contributed by atoms with van der Waals surface area (Å²) < 4.78 is 0. The lowest BCUT2D eigenvalue weighted by atomic mass is 10.1. The molecule has 0 heterocycles. The van der Waals surface area contributed by atoms with Gasteiger partial charge in [-0.3, -0.25) is 4.79 Å². The van der Waals surface area contributed by atoms with Crippen molar-refractivity contribution in [3.05, 3.63) is 23.8 Å². The molecular weight excluding hydrogens is 250 g/mol. The first kappa shape index (κ1) is 14.7. The second-order valence-electron chi connectivity index (χ2n) is 5.66. The van der Waals surface area contributed by atoms with Crippen molar-refractivity contribution in [1.82, 2.24) is 4.90 Å². The molecule has 0 saturated heterocycles. The Kier molecular flexibility index (Phi) is 4.53. The van der Waals surface area contributed by atoms with Gasteiger partial charge in [0.25, 0.3) is 0 Å². The molecule has 1 aliphatic carbocycles. The van der Waals surface area contributed by atoms with Gasteiger partial charge in [-0.05, 0) is 44.4 Å². The maximum atomic E-state index is 12.2. The Balaban J connectivity index is 1.96. The molecule has 2 rings (SSSR count). The highest BCUT2D eigenvalue weighted by molar-refractivity contribution is 5.81. The Morgan fingerprint density at radius 3 is 2.60 bits per heavy atom. The highest BCUT2D eigenvalue weighted by atomic mass is 16.2. The summed E-state index contributed by atoms with van der Waals surface area (Å²) in [6, 6.07) is 6.70. The number of likely N-dealkylation sites (N-methyl/N-ethyl adjacent to an activating group) is 1. The lowest BCUT2D eigenvalue weighted by molar-refractivity contribution is -0.129. The molecule has 1 saturated carbocycles. The van der Waals surface area contributed by atoms with Crippen molar-refractivity contribution in [2.45, 2.75) is 32.7 Å². The quantitative estimate of drug-likeness (QED) is 0.866. The lowest BCUT2D eigenvalue weighted by Gasteiger charge is -2.21. The molecule has 0 atom stereocenters. The zero-order chi connectivity index (χ0) is 14.7. The molecular formula is C16H25N3O. The average Bonchev–Trinajstić information content (AvgIpc) is 3.23. The first-order valence-electron chi connectivity index (χ1n) is 7.34. The first-order chi connectivity index (χ1) is 9.52. The van der Waals surface area contributed by atoms with Gasteiger partial charge in [-0.15, -0.1) is 0 Å². The number of anilines is 2. The zero-order valence-corrected chi connectivity index (χ0v) is 12.9. The Labute approximate surface area is 121 Å². The van der Waals surface area contributed by atoms with Crippen molar-refractivity contribution in [2.75, 3.05) is 37.4 Å². The number of carbonyl (C=O) groups is 1. The third-order valence-electron chi connectivity index (χ3n) is 3.78. The van der Waals surface area contributed by atoms with Gasteiger partial charge in [0.1, 0.15) is 0 Å². The molecule has 0 aromatic heterocycles. The van der Waals surface area contributed by atoms with Crippen LogP contribution in [0.5, 0.6) is 0 Å². The largest absolute Gasteiger partial charge is 0.377 e. The topological polar surface area (TPSA) is 35.6 Å². The number of rotatable bonds is 6. The monoisotopic (exact) mass is 275 g/mol. The maximum absolute atomic E-state index is 12.2. The molecule has 1 aliphatic rings. The number of amides is 1. The van der Waals surface area contributed by atoms with Crippen LogP contribution in [0.1, 0.15) is 25.3 Å². The Hall–Kier alpha value is -1.71. The SMILES string of the molecule is CCN(C(=O)CNc1ccc(C)c(N(C)C)c1)C1CC1. The summed E-state index contributed by atoms with van der Waals surface area (Å²) in [6.07, 6.45) is 2.32. The molecule has 20 heavy (non-hydrogen) atoms. The van der Waals surface area contributed by atoms with Crippen LogP contribution in [0.2, 0.25) is 0 Å². The van der Waals surface area contributed by atoms with Gasteiger partial charge in [0.15, 0.2) is 0 Å². The number of hydrogen-bond acceptors (Lipinski definition) is 3. The van der Waals surface area contributed by atoms with Gasteiger partial charge in [0.05, 0.1) is 6.54 Å². The van der Waals surface area contributed by atoms with Crippen LogP contribution in [0.4, 0.5) is 11.4 Å². The fourth-order valence-electron chi connectivity index (χ4n) is 2.50. The highest BCUT2D eigenvalue weighted by Crippen LogP contribution is 2.27. The van der Waals surface area contributed by atoms with E-state index in [2.05, 4.69) is 29.3 Å². The summed E-state index contributed by atoms with van der Waals surface area (Å²) in [5, 5.41) is 3.25. The number of benzene rings is 1. The summed E-state index contributed by atoms with van der Waals surface area (Å²) in [5.41, 5.74) is 3.41. The molecule has 1 amide bonds. The molecule has 0 spiro atoms. The molecule has 0 unspecified atom stereocenters. The predicted octanol–water partition coefficient (Wildman–Crippen LogP) is 2.48. The maximum Gasteiger partial charge on any atom is 0.242 e. The third-order valence-corrected chi connectivity index (χ3v) is 3.78. The number of carbonyl (C=O) groups excluding carboxylic acids is 1. The molecule has 0 radical (unpaired) electrons. The van der Waals surface area contributed by atoms with Crippen LogP contribution in [-0.2, 0) is 4.79 Å². The van der Waals surface area contributed by atoms with E-state index in [1.807, 2.05) is 32.0 Å². The molecule has 110 valence electrons. The van der Waals surface area contributed by atoms with Crippen LogP contribution < -0.4 is 10.2 Å². The van der Waals surface area contributed by atoms with Gasteiger partial charge in [-0.1, -0.05) is 6.07 Å². The fraction of sp³-hybridized carbons (Fsp3) is 0.562. The molecule has 1 fully saturated rings. The van der Waals surface area contributed by atoms with Gasteiger partial charge < -0.3 is 15.1 Å². The Bertz CT molecular complexity index is 481. The standard InChI is InChI=1S/C16H25N3O/c1-5-19(14-8-9-14)16(20)11-17-13-7-6-12(2)15(10-13)18(3)4/h6-7,10,14,17H,5,8-9,11H2,1-4H3. The number of hydrogen-bond donors (Lipinski definition) is 1. The Morgan fingerprint density at radius 1 is 1.35 bits per heavy atom. The van der Waals surface area contributed by atoms with Crippen LogP contribution >= 0.6 is 0 Å². The van der Waals surface area contributed by atoms with E-state index in [-0.39, 0.29) is 5.91 Å². The minimum absolute atomic E-state index is 0.196. The second kappa shape index (κ2) is 6.16. The van der Waals surface area contributed by atoms with Crippen LogP contribution in [0, 0.1) is 6.92 Å². The van der Waals surface area contributed by atoms with Crippen LogP contribution in [0.15, 0.2) is 18.2 Å². The van der Waals surface area contributed by atoms with Crippen molar-refractivity contribution >= 4 is 17.3 Å². The smallest absolute Gasteiger partial charge is 0.242 e. The summed E-state index contributed by atoms with van der Waals surface area (Å²) >= 11 is 0. The minimum atomic E-state index is 0.196. The van der Waals surface area contributed by atoms with Gasteiger partial charge in [0, 0.05) is 38.1 Å². The van der Waals surface area contributed by atoms with E-state index in [9.17, 15) is 4.79 Å². The van der Waals surface area contributed by atoms with Crippen molar-refractivity contribution in [1.29, 1.82) is 0 Å². The van der Waals surface area contributed by atoms with Crippen LogP contribution in [-0.4, -0.2) is 44.0 Å². The van der Waals surface area contributed by atoms with Crippen LogP contribution in [0.25, 0.3) is 0 Å². The number of aryl methyl sites for hydroxylation is 1. The third kappa shape index (κ3) is 3.44. The van der Waals surface area contributed by atoms with Crippen molar-refractivity contribution in [2.24, 2.45) is 0 Å². The predicted molar refractivity (Wildman–Crippen MR) is 84.4 cm³/mol. The molecule has 1 N–H and O–H groups in total. The minimum Gasteiger partial charge on any atom is -0.377 e. The van der Waals surface area contributed by atoms with E-state index in [0.717, 1.165) is 25.1 Å². The van der Waals surface area contributed by atoms with Gasteiger partial charge in [-0.25, -0.2) is 0 Å². The molecule has 4 heteroatoms. The number of nitrogens with one attached hydrogen (secondary N) is 1. The van der Waals surface area contributed by atoms with E-state index in [0.29, 0.717) is 12.6 Å². The van der Waals surface area contributed by atoms with Gasteiger partial charge in [-0.2, -0.15) is 0 Å². The van der Waals surface area contributed by atoms with Gasteiger partial charge in [0.2, 0.25) is 5.91 Å². The molecule has 0 bridgehead atoms. The first-order valence-corrected chi connectivity index (χ1v) is 7.34. The molecule has 1 aromatic rings. The van der Waals surface area contributed by atoms with E-state index in [1.54, 1.807) is 0 Å². The van der Waals surface area contributed by atoms with Crippen LogP contribution in [0.3, 0.4) is 0 Å². The van der Waals surface area contributed by atoms with E-state index < -0.39 is 0 Å². The summed E-state index contributed by atoms with van der Waals surface area (Å²) in [5.74, 6) is 0.196. The fourth-order valence-corrected chi connectivity index (χ4v) is 2.50. The van der Waals surface area contributed by atoms with Crippen molar-refractivity contribution < 1.29 is 4.79 Å². The zero-order valence-electron chi connectivity index (χ0n) is 12.9. The van der Waals surface area contributed by atoms with E-state index in [1.165, 1.54) is 11.3 Å². The van der Waals surface area contributed by atoms with Crippen molar-refractivity contribution in [3.8, 4) is 0 Å². The number of nitrogens with zero attached hydrogens (tertiary/aromatic N) is 2. The van der Waals surface area contributed by atoms with Gasteiger partial charge >= 0.3 is 0 Å². The van der Waals surface area contributed by atoms with E-state index >= 15 is 0 Å². The Morgan fingerprint density at radius 2 is 2.05 bits per heavy atom. The highest BCUT2D eigenvalue weighted by Gasteiger charge is 2.30. The average molecular weight is 275 g/mol. The molecule has 1 aromatic carbocycles. The summed E-state index contributed by atoms with van der Waals surface area (Å²) in [4.78, 5) is 16.2. The summed E-state index contributed by atoms with van der Waals surface area (Å²) in [7, 11) is 4.06. The summed E-state index contributed by atoms with van der Waals surface area (Å²) in [6.45, 7) is 5.32. The van der Waals surface area contributed by atoms with E-state index in [4.69, 9.17) is 0 Å². The molecule has 4 nitrogen and oxygen atoms in total. The second-order valence-corrected chi connectivity index (χ2v) is 5.66. The van der Waals surface area contributed by atoms with Crippen molar-refractivity contribution in [3.63, 3.8) is 0 Å². The lowest BCUT2D eigenvalue weighted by Crippen LogP contribution is -2.37. The molecule has 0 aliphatic heterocycles. The normalized spacial score (nSPS) is 14.0.